The lowest BCUT2D eigenvalue weighted by atomic mass is 9.64. The summed E-state index contributed by atoms with van der Waals surface area (Å²) in [5.41, 5.74) is 3.61. The van der Waals surface area contributed by atoms with E-state index < -0.39 is 0 Å². The predicted molar refractivity (Wildman–Crippen MR) is 68.8 cm³/mol. The van der Waals surface area contributed by atoms with Crippen molar-refractivity contribution in [2.45, 2.75) is 71.3 Å². The Bertz CT molecular complexity index is 221. The van der Waals surface area contributed by atoms with Crippen molar-refractivity contribution in [1.82, 2.24) is 5.43 Å². The van der Waals surface area contributed by atoms with Gasteiger partial charge in [0, 0.05) is 6.04 Å². The Labute approximate surface area is 100 Å². The van der Waals surface area contributed by atoms with Crippen LogP contribution in [0.3, 0.4) is 0 Å². The van der Waals surface area contributed by atoms with Gasteiger partial charge in [0.15, 0.2) is 0 Å². The highest BCUT2D eigenvalue weighted by molar-refractivity contribution is 4.91. The van der Waals surface area contributed by atoms with E-state index in [1.54, 1.807) is 0 Å². The molecule has 0 saturated heterocycles. The van der Waals surface area contributed by atoms with Gasteiger partial charge in [-0.3, -0.25) is 11.3 Å². The molecule has 0 bridgehead atoms. The molecule has 2 aliphatic carbocycles. The highest BCUT2D eigenvalue weighted by Crippen LogP contribution is 2.44. The Morgan fingerprint density at radius 1 is 1.19 bits per heavy atom. The number of nitrogens with one attached hydrogen (secondary N) is 1. The third-order valence-corrected chi connectivity index (χ3v) is 5.10. The molecular weight excluding hydrogens is 196 g/mol. The summed E-state index contributed by atoms with van der Waals surface area (Å²) in [4.78, 5) is 0. The van der Waals surface area contributed by atoms with Gasteiger partial charge in [-0.25, -0.2) is 0 Å². The number of hydrogen-bond acceptors (Lipinski definition) is 2. The molecule has 0 radical (unpaired) electrons. The summed E-state index contributed by atoms with van der Waals surface area (Å²) < 4.78 is 0. The molecule has 0 aliphatic heterocycles. The summed E-state index contributed by atoms with van der Waals surface area (Å²) in [5, 5.41) is 0. The normalized spacial score (nSPS) is 32.1. The molecule has 0 spiro atoms. The van der Waals surface area contributed by atoms with Gasteiger partial charge in [0.25, 0.3) is 0 Å². The van der Waals surface area contributed by atoms with E-state index in [0.29, 0.717) is 11.5 Å². The van der Waals surface area contributed by atoms with E-state index >= 15 is 0 Å². The highest BCUT2D eigenvalue weighted by Gasteiger charge is 2.38. The molecule has 2 heteroatoms. The van der Waals surface area contributed by atoms with Crippen LogP contribution >= 0.6 is 0 Å². The fraction of sp³-hybridized carbons (Fsp3) is 1.00. The zero-order chi connectivity index (χ0) is 11.6. The predicted octanol–water partition coefficient (Wildman–Crippen LogP) is 3.22. The van der Waals surface area contributed by atoms with Crippen LogP contribution in [0, 0.1) is 17.3 Å². The van der Waals surface area contributed by atoms with Gasteiger partial charge in [0.05, 0.1) is 0 Å². The molecule has 16 heavy (non-hydrogen) atoms. The second kappa shape index (κ2) is 5.05. The molecule has 2 saturated carbocycles. The van der Waals surface area contributed by atoms with Crippen LogP contribution < -0.4 is 11.3 Å². The molecule has 2 atom stereocenters. The van der Waals surface area contributed by atoms with Crippen molar-refractivity contribution in [3.8, 4) is 0 Å². The molecule has 2 rings (SSSR count). The van der Waals surface area contributed by atoms with E-state index in [1.165, 1.54) is 51.4 Å². The summed E-state index contributed by atoms with van der Waals surface area (Å²) in [6.45, 7) is 4.86. The maximum absolute atomic E-state index is 5.80. The smallest absolute Gasteiger partial charge is 0.0246 e. The fourth-order valence-electron chi connectivity index (χ4n) is 3.70. The minimum atomic E-state index is 0.485. The lowest BCUT2D eigenvalue weighted by Gasteiger charge is -2.44. The molecule has 0 aromatic rings. The topological polar surface area (TPSA) is 38.0 Å². The molecule has 0 aromatic heterocycles. The Balaban J connectivity index is 1.94. The Morgan fingerprint density at radius 2 is 1.94 bits per heavy atom. The first-order valence-corrected chi connectivity index (χ1v) is 7.09. The van der Waals surface area contributed by atoms with Gasteiger partial charge < -0.3 is 0 Å². The first-order chi connectivity index (χ1) is 7.63. The molecule has 2 unspecified atom stereocenters. The fourth-order valence-corrected chi connectivity index (χ4v) is 3.70. The highest BCUT2D eigenvalue weighted by atomic mass is 15.2. The van der Waals surface area contributed by atoms with Crippen LogP contribution in [0.4, 0.5) is 0 Å². The van der Waals surface area contributed by atoms with Crippen molar-refractivity contribution in [3.63, 3.8) is 0 Å². The summed E-state index contributed by atoms with van der Waals surface area (Å²) in [7, 11) is 0. The molecule has 2 fully saturated rings. The van der Waals surface area contributed by atoms with E-state index in [4.69, 9.17) is 5.84 Å². The first kappa shape index (κ1) is 12.4. The molecule has 0 amide bonds. The monoisotopic (exact) mass is 224 g/mol. The molecule has 3 N–H and O–H groups in total. The second-order valence-corrected chi connectivity index (χ2v) is 6.65. The quantitative estimate of drug-likeness (QED) is 0.568. The van der Waals surface area contributed by atoms with Crippen molar-refractivity contribution in [1.29, 1.82) is 0 Å². The molecule has 0 heterocycles. The number of nitrogens with two attached hydrogens (primary N) is 1. The molecular formula is C14H28N2. The molecule has 2 nitrogen and oxygen atoms in total. The number of hydrazine groups is 1. The van der Waals surface area contributed by atoms with E-state index in [9.17, 15) is 0 Å². The third kappa shape index (κ3) is 2.60. The lowest BCUT2D eigenvalue weighted by molar-refractivity contribution is 0.0795. The second-order valence-electron chi connectivity index (χ2n) is 6.65. The van der Waals surface area contributed by atoms with Gasteiger partial charge in [-0.2, -0.15) is 0 Å². The largest absolute Gasteiger partial charge is 0.271 e. The van der Waals surface area contributed by atoms with Crippen LogP contribution in [0.15, 0.2) is 0 Å². The van der Waals surface area contributed by atoms with Crippen molar-refractivity contribution in [2.24, 2.45) is 23.1 Å². The number of rotatable bonds is 4. The Morgan fingerprint density at radius 3 is 2.44 bits per heavy atom. The zero-order valence-electron chi connectivity index (χ0n) is 11.0. The van der Waals surface area contributed by atoms with E-state index in [0.717, 1.165) is 11.8 Å². The first-order valence-electron chi connectivity index (χ1n) is 7.09. The number of hydrogen-bond donors (Lipinski definition) is 2. The molecule has 2 aliphatic rings. The van der Waals surface area contributed by atoms with Gasteiger partial charge in [0.2, 0.25) is 0 Å². The van der Waals surface area contributed by atoms with E-state index in [-0.39, 0.29) is 0 Å². The molecule has 0 aromatic carbocycles. The summed E-state index contributed by atoms with van der Waals surface area (Å²) in [6.07, 6.45) is 11.2. The zero-order valence-corrected chi connectivity index (χ0v) is 11.0. The van der Waals surface area contributed by atoms with Crippen LogP contribution in [-0.4, -0.2) is 6.04 Å². The minimum absolute atomic E-state index is 0.485. The lowest BCUT2D eigenvalue weighted by Crippen LogP contribution is -2.48. The average molecular weight is 224 g/mol. The van der Waals surface area contributed by atoms with Crippen LogP contribution in [0.2, 0.25) is 0 Å². The maximum Gasteiger partial charge on any atom is 0.0246 e. The van der Waals surface area contributed by atoms with Crippen LogP contribution in [0.25, 0.3) is 0 Å². The third-order valence-electron chi connectivity index (χ3n) is 5.10. The summed E-state index contributed by atoms with van der Waals surface area (Å²) >= 11 is 0. The van der Waals surface area contributed by atoms with E-state index in [1.807, 2.05) is 0 Å². The van der Waals surface area contributed by atoms with Crippen LogP contribution in [0.1, 0.15) is 65.2 Å². The van der Waals surface area contributed by atoms with Crippen LogP contribution in [-0.2, 0) is 0 Å². The van der Waals surface area contributed by atoms with Crippen molar-refractivity contribution < 1.29 is 0 Å². The van der Waals surface area contributed by atoms with Crippen LogP contribution in [0.5, 0.6) is 0 Å². The minimum Gasteiger partial charge on any atom is -0.271 e. The van der Waals surface area contributed by atoms with Crippen molar-refractivity contribution >= 4 is 0 Å². The summed E-state index contributed by atoms with van der Waals surface area (Å²) in [6, 6.07) is 0.556. The van der Waals surface area contributed by atoms with Crippen molar-refractivity contribution in [3.05, 3.63) is 0 Å². The van der Waals surface area contributed by atoms with Gasteiger partial charge in [0.1, 0.15) is 0 Å². The van der Waals surface area contributed by atoms with Crippen molar-refractivity contribution in [2.75, 3.05) is 0 Å². The van der Waals surface area contributed by atoms with Gasteiger partial charge >= 0.3 is 0 Å². The standard InChI is InChI=1S/C14H28N2/c1-14(2)9-4-3-8-12(14)13(16-15)10-11-6-5-7-11/h11-13,16H,3-10,15H2,1-2H3. The SMILES string of the molecule is CC1(C)CCCCC1C(CC1CCC1)NN. The summed E-state index contributed by atoms with van der Waals surface area (Å²) in [5.74, 6) is 7.54. The van der Waals surface area contributed by atoms with Gasteiger partial charge in [-0.15, -0.1) is 0 Å². The maximum atomic E-state index is 5.80. The molecule has 94 valence electrons. The Hall–Kier alpha value is -0.0800. The Kier molecular flexibility index (Phi) is 3.91. The van der Waals surface area contributed by atoms with Gasteiger partial charge in [-0.05, 0) is 36.5 Å². The van der Waals surface area contributed by atoms with E-state index in [2.05, 4.69) is 19.3 Å². The average Bonchev–Trinajstić information content (AvgIpc) is 2.18. The van der Waals surface area contributed by atoms with Gasteiger partial charge in [-0.1, -0.05) is 46.0 Å².